The molecule has 2 rings (SSSR count). The van der Waals surface area contributed by atoms with E-state index in [-0.39, 0.29) is 24.1 Å². The van der Waals surface area contributed by atoms with Crippen LogP contribution in [0.5, 0.6) is 0 Å². The number of hydrogen-bond donors (Lipinski definition) is 1. The molecule has 0 bridgehead atoms. The zero-order valence-corrected chi connectivity index (χ0v) is 11.0. The highest BCUT2D eigenvalue weighted by Crippen LogP contribution is 2.18. The van der Waals surface area contributed by atoms with Gasteiger partial charge in [-0.3, -0.25) is 4.90 Å². The van der Waals surface area contributed by atoms with Gasteiger partial charge >= 0.3 is 0 Å². The molecular weight excluding hydrogens is 231 g/mol. The first-order valence-electron chi connectivity index (χ1n) is 6.44. The highest BCUT2D eigenvalue weighted by molar-refractivity contribution is 5.21. The van der Waals surface area contributed by atoms with E-state index in [1.165, 1.54) is 6.07 Å². The van der Waals surface area contributed by atoms with Gasteiger partial charge < -0.3 is 10.5 Å². The zero-order valence-electron chi connectivity index (χ0n) is 11.0. The largest absolute Gasteiger partial charge is 0.373 e. The number of rotatable bonds is 3. The third-order valence-electron chi connectivity index (χ3n) is 3.25. The fourth-order valence-corrected chi connectivity index (χ4v) is 2.59. The maximum atomic E-state index is 13.6. The Bertz CT molecular complexity index is 389. The van der Waals surface area contributed by atoms with Crippen molar-refractivity contribution < 1.29 is 9.13 Å². The predicted octanol–water partition coefficient (Wildman–Crippen LogP) is 1.93. The molecule has 1 heterocycles. The number of nitrogens with zero attached hydrogens (tertiary/aromatic N) is 1. The van der Waals surface area contributed by atoms with Crippen molar-refractivity contribution in [1.29, 1.82) is 0 Å². The standard InChI is InChI=1S/C14H21FN2O/c1-10-7-17(8-11(2)18-10)9-14(16)12-5-3-4-6-13(12)15/h3-6,10-11,14H,7-9,16H2,1-2H3. The molecule has 1 saturated heterocycles. The molecule has 0 spiro atoms. The van der Waals surface area contributed by atoms with Gasteiger partial charge in [-0.25, -0.2) is 4.39 Å². The van der Waals surface area contributed by atoms with E-state index in [2.05, 4.69) is 18.7 Å². The molecular formula is C14H21FN2O. The van der Waals surface area contributed by atoms with Gasteiger partial charge in [-0.05, 0) is 19.9 Å². The Morgan fingerprint density at radius 2 is 1.94 bits per heavy atom. The summed E-state index contributed by atoms with van der Waals surface area (Å²) >= 11 is 0. The summed E-state index contributed by atoms with van der Waals surface area (Å²) in [4.78, 5) is 2.25. The van der Waals surface area contributed by atoms with E-state index in [4.69, 9.17) is 10.5 Å². The third-order valence-corrected chi connectivity index (χ3v) is 3.25. The second kappa shape index (κ2) is 5.78. The smallest absolute Gasteiger partial charge is 0.128 e. The van der Waals surface area contributed by atoms with E-state index in [9.17, 15) is 4.39 Å². The van der Waals surface area contributed by atoms with Crippen molar-refractivity contribution in [2.45, 2.75) is 32.1 Å². The molecule has 1 aliphatic heterocycles. The Morgan fingerprint density at radius 3 is 2.56 bits per heavy atom. The van der Waals surface area contributed by atoms with Gasteiger partial charge in [0.05, 0.1) is 12.2 Å². The Labute approximate surface area is 108 Å². The van der Waals surface area contributed by atoms with Gasteiger partial charge in [0.15, 0.2) is 0 Å². The molecule has 0 saturated carbocycles. The highest BCUT2D eigenvalue weighted by atomic mass is 19.1. The van der Waals surface area contributed by atoms with Gasteiger partial charge in [-0.2, -0.15) is 0 Å². The molecule has 1 aromatic carbocycles. The summed E-state index contributed by atoms with van der Waals surface area (Å²) in [6.07, 6.45) is 0.420. The summed E-state index contributed by atoms with van der Waals surface area (Å²) < 4.78 is 19.3. The van der Waals surface area contributed by atoms with Crippen LogP contribution in [-0.2, 0) is 4.74 Å². The average molecular weight is 252 g/mol. The lowest BCUT2D eigenvalue weighted by Crippen LogP contribution is -2.47. The van der Waals surface area contributed by atoms with E-state index in [0.717, 1.165) is 13.1 Å². The molecule has 3 nitrogen and oxygen atoms in total. The molecule has 1 aromatic rings. The van der Waals surface area contributed by atoms with Crippen molar-refractivity contribution >= 4 is 0 Å². The van der Waals surface area contributed by atoms with Crippen LogP contribution in [-0.4, -0.2) is 36.7 Å². The summed E-state index contributed by atoms with van der Waals surface area (Å²) in [6, 6.07) is 6.43. The lowest BCUT2D eigenvalue weighted by molar-refractivity contribution is -0.0692. The number of morpholine rings is 1. The molecule has 3 unspecified atom stereocenters. The zero-order chi connectivity index (χ0) is 13.1. The van der Waals surface area contributed by atoms with E-state index < -0.39 is 0 Å². The first-order valence-corrected chi connectivity index (χ1v) is 6.44. The van der Waals surface area contributed by atoms with Crippen molar-refractivity contribution in [3.8, 4) is 0 Å². The Hall–Kier alpha value is -0.970. The summed E-state index contributed by atoms with van der Waals surface area (Å²) in [5.41, 5.74) is 6.68. The molecule has 0 aliphatic carbocycles. The molecule has 1 aliphatic rings. The van der Waals surface area contributed by atoms with Crippen molar-refractivity contribution in [3.63, 3.8) is 0 Å². The van der Waals surface area contributed by atoms with Gasteiger partial charge in [-0.15, -0.1) is 0 Å². The van der Waals surface area contributed by atoms with Gasteiger partial charge in [-0.1, -0.05) is 18.2 Å². The molecule has 2 N–H and O–H groups in total. The second-order valence-electron chi connectivity index (χ2n) is 5.10. The molecule has 0 amide bonds. The van der Waals surface area contributed by atoms with E-state index in [0.29, 0.717) is 12.1 Å². The molecule has 0 aromatic heterocycles. The summed E-state index contributed by atoms with van der Waals surface area (Å²) in [5, 5.41) is 0. The average Bonchev–Trinajstić information content (AvgIpc) is 2.27. The fraction of sp³-hybridized carbons (Fsp3) is 0.571. The second-order valence-corrected chi connectivity index (χ2v) is 5.10. The number of ether oxygens (including phenoxy) is 1. The van der Waals surface area contributed by atoms with Crippen LogP contribution >= 0.6 is 0 Å². The molecule has 1 fully saturated rings. The number of halogens is 1. The number of hydrogen-bond acceptors (Lipinski definition) is 3. The van der Waals surface area contributed by atoms with Crippen molar-refractivity contribution in [1.82, 2.24) is 4.90 Å². The van der Waals surface area contributed by atoms with Gasteiger partial charge in [0.2, 0.25) is 0 Å². The summed E-state index contributed by atoms with van der Waals surface area (Å²) in [5.74, 6) is -0.223. The van der Waals surface area contributed by atoms with Gasteiger partial charge in [0.25, 0.3) is 0 Å². The molecule has 0 radical (unpaired) electrons. The SMILES string of the molecule is CC1CN(CC(N)c2ccccc2F)CC(C)O1. The van der Waals surface area contributed by atoms with Crippen LogP contribution in [0.4, 0.5) is 4.39 Å². The monoisotopic (exact) mass is 252 g/mol. The van der Waals surface area contributed by atoms with Crippen molar-refractivity contribution in [3.05, 3.63) is 35.6 Å². The Balaban J connectivity index is 1.99. The van der Waals surface area contributed by atoms with Crippen molar-refractivity contribution in [2.75, 3.05) is 19.6 Å². The van der Waals surface area contributed by atoms with Crippen LogP contribution in [0.25, 0.3) is 0 Å². The maximum Gasteiger partial charge on any atom is 0.128 e. The Kier molecular flexibility index (Phi) is 4.32. The first kappa shape index (κ1) is 13.5. The number of benzene rings is 1. The minimum absolute atomic E-state index is 0.210. The van der Waals surface area contributed by atoms with E-state index in [1.807, 2.05) is 6.07 Å². The topological polar surface area (TPSA) is 38.5 Å². The predicted molar refractivity (Wildman–Crippen MR) is 69.8 cm³/mol. The van der Waals surface area contributed by atoms with Crippen LogP contribution in [0, 0.1) is 5.82 Å². The minimum Gasteiger partial charge on any atom is -0.373 e. The highest BCUT2D eigenvalue weighted by Gasteiger charge is 2.24. The first-order chi connectivity index (χ1) is 8.56. The van der Waals surface area contributed by atoms with E-state index >= 15 is 0 Å². The lowest BCUT2D eigenvalue weighted by Gasteiger charge is -2.36. The van der Waals surface area contributed by atoms with Crippen LogP contribution < -0.4 is 5.73 Å². The van der Waals surface area contributed by atoms with Crippen LogP contribution in [0.15, 0.2) is 24.3 Å². The van der Waals surface area contributed by atoms with E-state index in [1.54, 1.807) is 12.1 Å². The number of nitrogens with two attached hydrogens (primary N) is 1. The lowest BCUT2D eigenvalue weighted by atomic mass is 10.1. The maximum absolute atomic E-state index is 13.6. The third kappa shape index (κ3) is 3.28. The van der Waals surface area contributed by atoms with Crippen LogP contribution in [0.1, 0.15) is 25.5 Å². The quantitative estimate of drug-likeness (QED) is 0.893. The molecule has 3 atom stereocenters. The summed E-state index contributed by atoms with van der Waals surface area (Å²) in [6.45, 7) is 6.48. The van der Waals surface area contributed by atoms with Crippen molar-refractivity contribution in [2.24, 2.45) is 5.73 Å². The van der Waals surface area contributed by atoms with Gasteiger partial charge in [0, 0.05) is 31.2 Å². The van der Waals surface area contributed by atoms with Crippen LogP contribution in [0.3, 0.4) is 0 Å². The molecule has 4 heteroatoms. The molecule has 18 heavy (non-hydrogen) atoms. The summed E-state index contributed by atoms with van der Waals surface area (Å²) in [7, 11) is 0. The normalized spacial score (nSPS) is 27.1. The van der Waals surface area contributed by atoms with Gasteiger partial charge in [0.1, 0.15) is 5.82 Å². The Morgan fingerprint density at radius 1 is 1.33 bits per heavy atom. The van der Waals surface area contributed by atoms with Crippen LogP contribution in [0.2, 0.25) is 0 Å². The molecule has 100 valence electrons. The fourth-order valence-electron chi connectivity index (χ4n) is 2.59. The minimum atomic E-state index is -0.288.